The number of hydrogen-bond donors (Lipinski definition) is 1. The number of carbonyl (C=O) groups is 1. The van der Waals surface area contributed by atoms with Crippen LogP contribution in [0.2, 0.25) is 5.02 Å². The summed E-state index contributed by atoms with van der Waals surface area (Å²) in [5.74, 6) is -2.59. The molecule has 0 saturated carbocycles. The first kappa shape index (κ1) is 12.0. The molecule has 1 rings (SSSR count). The van der Waals surface area contributed by atoms with Crippen molar-refractivity contribution >= 4 is 17.6 Å². The third-order valence-electron chi connectivity index (χ3n) is 2.23. The lowest BCUT2D eigenvalue weighted by molar-refractivity contribution is -0.139. The first-order valence-corrected chi connectivity index (χ1v) is 4.99. The molecule has 0 aliphatic heterocycles. The summed E-state index contributed by atoms with van der Waals surface area (Å²) < 4.78 is 13.5. The third-order valence-corrected chi connectivity index (χ3v) is 2.47. The fourth-order valence-corrected chi connectivity index (χ4v) is 1.69. The number of aliphatic carboxylic acids is 1. The van der Waals surface area contributed by atoms with Crippen LogP contribution < -0.4 is 0 Å². The monoisotopic (exact) mass is 230 g/mol. The van der Waals surface area contributed by atoms with Crippen molar-refractivity contribution in [1.29, 1.82) is 0 Å². The van der Waals surface area contributed by atoms with Crippen molar-refractivity contribution in [2.75, 3.05) is 0 Å². The van der Waals surface area contributed by atoms with Crippen LogP contribution in [-0.4, -0.2) is 11.1 Å². The lowest BCUT2D eigenvalue weighted by atomic mass is 9.88. The zero-order valence-corrected chi connectivity index (χ0v) is 9.25. The van der Waals surface area contributed by atoms with Crippen LogP contribution in [0.4, 0.5) is 4.39 Å². The topological polar surface area (TPSA) is 37.3 Å². The van der Waals surface area contributed by atoms with E-state index in [2.05, 4.69) is 0 Å². The molecule has 0 aromatic heterocycles. The molecule has 1 atom stereocenters. The molecule has 0 bridgehead atoms. The molecule has 1 aromatic rings. The van der Waals surface area contributed by atoms with Crippen molar-refractivity contribution in [2.45, 2.75) is 19.8 Å². The van der Waals surface area contributed by atoms with Crippen molar-refractivity contribution < 1.29 is 14.3 Å². The molecule has 82 valence electrons. The minimum atomic E-state index is -1.02. The highest BCUT2D eigenvalue weighted by Crippen LogP contribution is 2.28. The highest BCUT2D eigenvalue weighted by molar-refractivity contribution is 6.30. The van der Waals surface area contributed by atoms with Crippen LogP contribution in [0.3, 0.4) is 0 Å². The Labute approximate surface area is 92.7 Å². The van der Waals surface area contributed by atoms with Gasteiger partial charge in [-0.1, -0.05) is 31.5 Å². The SMILES string of the molecule is CC(C)C(C(=O)O)c1ccc(Cl)cc1F. The molecule has 1 unspecified atom stereocenters. The standard InChI is InChI=1S/C11H12ClFO2/c1-6(2)10(11(14)15)8-4-3-7(12)5-9(8)13/h3-6,10H,1-2H3,(H,14,15). The smallest absolute Gasteiger partial charge is 0.311 e. The van der Waals surface area contributed by atoms with Gasteiger partial charge in [0, 0.05) is 10.6 Å². The van der Waals surface area contributed by atoms with E-state index in [1.54, 1.807) is 13.8 Å². The van der Waals surface area contributed by atoms with E-state index in [1.165, 1.54) is 12.1 Å². The molecule has 0 amide bonds. The Bertz CT molecular complexity index is 377. The first-order valence-electron chi connectivity index (χ1n) is 4.61. The molecule has 0 radical (unpaired) electrons. The van der Waals surface area contributed by atoms with Crippen molar-refractivity contribution in [3.63, 3.8) is 0 Å². The molecule has 0 fully saturated rings. The van der Waals surface area contributed by atoms with Crippen LogP contribution in [0.25, 0.3) is 0 Å². The summed E-state index contributed by atoms with van der Waals surface area (Å²) in [5.41, 5.74) is 0.182. The lowest BCUT2D eigenvalue weighted by Gasteiger charge is -2.17. The molecular weight excluding hydrogens is 219 g/mol. The quantitative estimate of drug-likeness (QED) is 0.865. The summed E-state index contributed by atoms with van der Waals surface area (Å²) in [5, 5.41) is 9.26. The van der Waals surface area contributed by atoms with Crippen LogP contribution in [-0.2, 0) is 4.79 Å². The van der Waals surface area contributed by atoms with Gasteiger partial charge in [0.05, 0.1) is 5.92 Å². The maximum Gasteiger partial charge on any atom is 0.311 e. The van der Waals surface area contributed by atoms with Crippen molar-refractivity contribution in [3.05, 3.63) is 34.6 Å². The predicted octanol–water partition coefficient (Wildman–Crippen LogP) is 3.30. The second-order valence-corrected chi connectivity index (χ2v) is 4.16. The molecule has 0 saturated heterocycles. The number of carboxylic acids is 1. The molecule has 0 spiro atoms. The largest absolute Gasteiger partial charge is 0.481 e. The second kappa shape index (κ2) is 4.62. The number of carboxylic acid groups (broad SMARTS) is 1. The predicted molar refractivity (Wildman–Crippen MR) is 56.6 cm³/mol. The van der Waals surface area contributed by atoms with Crippen LogP contribution >= 0.6 is 11.6 Å². The average molecular weight is 231 g/mol. The van der Waals surface area contributed by atoms with Crippen LogP contribution in [0.15, 0.2) is 18.2 Å². The Morgan fingerprint density at radius 1 is 1.47 bits per heavy atom. The van der Waals surface area contributed by atoms with Crippen molar-refractivity contribution in [3.8, 4) is 0 Å². The molecular formula is C11H12ClFO2. The van der Waals surface area contributed by atoms with Gasteiger partial charge in [-0.2, -0.15) is 0 Å². The minimum absolute atomic E-state index is 0.168. The van der Waals surface area contributed by atoms with Crippen LogP contribution in [0.1, 0.15) is 25.3 Å². The van der Waals surface area contributed by atoms with Gasteiger partial charge >= 0.3 is 5.97 Å². The Kier molecular flexibility index (Phi) is 3.69. The molecule has 1 aromatic carbocycles. The van der Waals surface area contributed by atoms with E-state index in [1.807, 2.05) is 0 Å². The van der Waals surface area contributed by atoms with Gasteiger partial charge in [-0.15, -0.1) is 0 Å². The molecule has 2 nitrogen and oxygen atoms in total. The average Bonchev–Trinajstić information content (AvgIpc) is 2.08. The van der Waals surface area contributed by atoms with Crippen molar-refractivity contribution in [2.24, 2.45) is 5.92 Å². The summed E-state index contributed by atoms with van der Waals surface area (Å²) >= 11 is 5.59. The van der Waals surface area contributed by atoms with Gasteiger partial charge in [0.15, 0.2) is 0 Å². The Hall–Kier alpha value is -1.09. The first-order chi connectivity index (χ1) is 6.93. The zero-order valence-electron chi connectivity index (χ0n) is 8.50. The maximum atomic E-state index is 13.5. The lowest BCUT2D eigenvalue weighted by Crippen LogP contribution is -2.18. The number of hydrogen-bond acceptors (Lipinski definition) is 1. The Morgan fingerprint density at radius 3 is 2.47 bits per heavy atom. The van der Waals surface area contributed by atoms with Gasteiger partial charge in [-0.3, -0.25) is 4.79 Å². The molecule has 0 heterocycles. The van der Waals surface area contributed by atoms with E-state index in [-0.39, 0.29) is 16.5 Å². The summed E-state index contributed by atoms with van der Waals surface area (Å²) in [6.45, 7) is 3.49. The van der Waals surface area contributed by atoms with E-state index < -0.39 is 17.7 Å². The van der Waals surface area contributed by atoms with Crippen LogP contribution in [0.5, 0.6) is 0 Å². The molecule has 1 N–H and O–H groups in total. The second-order valence-electron chi connectivity index (χ2n) is 3.73. The molecule has 15 heavy (non-hydrogen) atoms. The fraction of sp³-hybridized carbons (Fsp3) is 0.364. The fourth-order valence-electron chi connectivity index (χ4n) is 1.53. The summed E-state index contributed by atoms with van der Waals surface area (Å²) in [7, 11) is 0. The number of rotatable bonds is 3. The van der Waals surface area contributed by atoms with Gasteiger partial charge in [0.25, 0.3) is 0 Å². The van der Waals surface area contributed by atoms with E-state index >= 15 is 0 Å². The maximum absolute atomic E-state index is 13.5. The third kappa shape index (κ3) is 2.69. The van der Waals surface area contributed by atoms with Gasteiger partial charge in [-0.25, -0.2) is 4.39 Å². The summed E-state index contributed by atoms with van der Waals surface area (Å²) in [4.78, 5) is 11.0. The normalized spacial score (nSPS) is 12.9. The molecule has 0 aliphatic rings. The van der Waals surface area contributed by atoms with Crippen molar-refractivity contribution in [1.82, 2.24) is 0 Å². The van der Waals surface area contributed by atoms with E-state index in [9.17, 15) is 9.18 Å². The summed E-state index contributed by atoms with van der Waals surface area (Å²) in [6.07, 6.45) is 0. The van der Waals surface area contributed by atoms with Gasteiger partial charge in [-0.05, 0) is 18.1 Å². The molecule has 0 aliphatic carbocycles. The van der Waals surface area contributed by atoms with E-state index in [0.29, 0.717) is 0 Å². The zero-order chi connectivity index (χ0) is 11.6. The Morgan fingerprint density at radius 2 is 2.07 bits per heavy atom. The minimum Gasteiger partial charge on any atom is -0.481 e. The number of halogens is 2. The molecule has 4 heteroatoms. The highest BCUT2D eigenvalue weighted by Gasteiger charge is 2.26. The van der Waals surface area contributed by atoms with Gasteiger partial charge in [0.1, 0.15) is 5.82 Å². The Balaban J connectivity index is 3.17. The van der Waals surface area contributed by atoms with Gasteiger partial charge < -0.3 is 5.11 Å². The summed E-state index contributed by atoms with van der Waals surface area (Å²) in [6, 6.07) is 4.06. The highest BCUT2D eigenvalue weighted by atomic mass is 35.5. The number of benzene rings is 1. The van der Waals surface area contributed by atoms with Gasteiger partial charge in [0.2, 0.25) is 0 Å². The van der Waals surface area contributed by atoms with E-state index in [4.69, 9.17) is 16.7 Å². The van der Waals surface area contributed by atoms with Crippen LogP contribution in [0, 0.1) is 11.7 Å². The van der Waals surface area contributed by atoms with E-state index in [0.717, 1.165) is 6.07 Å².